The number of alkyl halides is 3. The number of amides is 1. The quantitative estimate of drug-likeness (QED) is 0.654. The molecule has 3 aromatic rings. The maximum Gasteiger partial charge on any atom is 0.411 e. The van der Waals surface area contributed by atoms with Crippen molar-refractivity contribution < 1.29 is 22.7 Å². The Hall–Kier alpha value is -3.20. The normalized spacial score (nSPS) is 11.4. The van der Waals surface area contributed by atoms with Gasteiger partial charge in [0.15, 0.2) is 5.82 Å². The second kappa shape index (κ2) is 8.87. The fourth-order valence-electron chi connectivity index (χ4n) is 2.66. The largest absolute Gasteiger partial charge is 0.411 e. The summed E-state index contributed by atoms with van der Waals surface area (Å²) in [5.74, 6) is 0.342. The number of rotatable bonds is 7. The average molecular weight is 404 g/mol. The van der Waals surface area contributed by atoms with Crippen LogP contribution in [-0.4, -0.2) is 33.5 Å². The molecule has 0 unspecified atom stereocenters. The van der Waals surface area contributed by atoms with Crippen LogP contribution in [0.3, 0.4) is 0 Å². The van der Waals surface area contributed by atoms with Crippen molar-refractivity contribution in [1.82, 2.24) is 20.1 Å². The molecule has 0 spiro atoms. The molecular weight excluding hydrogens is 385 g/mol. The molecule has 0 aliphatic heterocycles. The van der Waals surface area contributed by atoms with Crippen LogP contribution in [0.4, 0.5) is 13.2 Å². The molecule has 0 saturated carbocycles. The number of pyridine rings is 1. The van der Waals surface area contributed by atoms with Crippen molar-refractivity contribution in [2.24, 2.45) is 0 Å². The molecule has 2 heterocycles. The van der Waals surface area contributed by atoms with E-state index >= 15 is 0 Å². The van der Waals surface area contributed by atoms with Crippen LogP contribution in [0.1, 0.15) is 27.2 Å². The zero-order valence-corrected chi connectivity index (χ0v) is 15.6. The highest BCUT2D eigenvalue weighted by Gasteiger charge is 2.27. The molecule has 0 fully saturated rings. The third-order valence-electron chi connectivity index (χ3n) is 4.13. The number of nitrogens with zero attached hydrogens (tertiary/aromatic N) is 3. The molecule has 0 bridgehead atoms. The van der Waals surface area contributed by atoms with Crippen molar-refractivity contribution in [3.63, 3.8) is 0 Å². The number of halogens is 3. The maximum absolute atomic E-state index is 12.5. The van der Waals surface area contributed by atoms with Gasteiger partial charge in [0.05, 0.1) is 24.1 Å². The topological polar surface area (TPSA) is 69.0 Å². The van der Waals surface area contributed by atoms with E-state index in [0.717, 1.165) is 5.56 Å². The molecular formula is C20H19F3N4O2. The first kappa shape index (κ1) is 20.5. The molecule has 29 heavy (non-hydrogen) atoms. The van der Waals surface area contributed by atoms with Crippen molar-refractivity contribution in [1.29, 1.82) is 0 Å². The third-order valence-corrected chi connectivity index (χ3v) is 4.13. The zero-order valence-electron chi connectivity index (χ0n) is 15.6. The minimum Gasteiger partial charge on any atom is -0.367 e. The number of nitrogens with one attached hydrogen (secondary N) is 1. The molecule has 0 atom stereocenters. The number of aromatic nitrogens is 3. The summed E-state index contributed by atoms with van der Waals surface area (Å²) in [6.45, 7) is 0.650. The molecule has 0 radical (unpaired) electrons. The van der Waals surface area contributed by atoms with Crippen LogP contribution < -0.4 is 5.32 Å². The van der Waals surface area contributed by atoms with Gasteiger partial charge < -0.3 is 10.1 Å². The SMILES string of the molecule is Cc1c(C(=O)NCc2ccc(COCC(F)(F)F)cc2)cnn1-c1ccccn1. The van der Waals surface area contributed by atoms with Crippen LogP contribution in [-0.2, 0) is 17.9 Å². The summed E-state index contributed by atoms with van der Waals surface area (Å²) in [6.07, 6.45) is -1.21. The van der Waals surface area contributed by atoms with Crippen molar-refractivity contribution in [2.45, 2.75) is 26.3 Å². The van der Waals surface area contributed by atoms with E-state index in [1.165, 1.54) is 6.20 Å². The van der Waals surface area contributed by atoms with Crippen LogP contribution in [0.5, 0.6) is 0 Å². The molecule has 0 aliphatic carbocycles. The van der Waals surface area contributed by atoms with E-state index in [4.69, 9.17) is 0 Å². The van der Waals surface area contributed by atoms with Gasteiger partial charge in [0, 0.05) is 12.7 Å². The van der Waals surface area contributed by atoms with E-state index in [0.29, 0.717) is 22.6 Å². The first-order valence-electron chi connectivity index (χ1n) is 8.80. The lowest BCUT2D eigenvalue weighted by Crippen LogP contribution is -2.23. The lowest BCUT2D eigenvalue weighted by Gasteiger charge is -2.09. The number of benzene rings is 1. The Bertz CT molecular complexity index is 954. The third kappa shape index (κ3) is 5.64. The molecule has 6 nitrogen and oxygen atoms in total. The van der Waals surface area contributed by atoms with Gasteiger partial charge >= 0.3 is 6.18 Å². The highest BCUT2D eigenvalue weighted by atomic mass is 19.4. The number of hydrogen-bond acceptors (Lipinski definition) is 4. The number of ether oxygens (including phenoxy) is 1. The Kier molecular flexibility index (Phi) is 6.28. The number of carbonyl (C=O) groups excluding carboxylic acids is 1. The molecule has 1 amide bonds. The lowest BCUT2D eigenvalue weighted by atomic mass is 10.1. The average Bonchev–Trinajstić information content (AvgIpc) is 3.08. The minimum absolute atomic E-state index is 0.127. The van der Waals surface area contributed by atoms with Crippen molar-refractivity contribution in [3.8, 4) is 5.82 Å². The van der Waals surface area contributed by atoms with Gasteiger partial charge in [-0.15, -0.1) is 0 Å². The van der Waals surface area contributed by atoms with Gasteiger partial charge in [-0.25, -0.2) is 9.67 Å². The van der Waals surface area contributed by atoms with Gasteiger partial charge in [0.2, 0.25) is 0 Å². The molecule has 1 N–H and O–H groups in total. The van der Waals surface area contributed by atoms with E-state index in [1.54, 1.807) is 54.2 Å². The number of carbonyl (C=O) groups is 1. The van der Waals surface area contributed by atoms with Crippen LogP contribution in [0.25, 0.3) is 5.82 Å². The van der Waals surface area contributed by atoms with Gasteiger partial charge in [-0.2, -0.15) is 18.3 Å². The minimum atomic E-state index is -4.34. The fourth-order valence-corrected chi connectivity index (χ4v) is 2.66. The summed E-state index contributed by atoms with van der Waals surface area (Å²) in [5, 5.41) is 7.03. The second-order valence-corrected chi connectivity index (χ2v) is 6.35. The summed E-state index contributed by atoms with van der Waals surface area (Å²) >= 11 is 0. The first-order chi connectivity index (χ1) is 13.8. The van der Waals surface area contributed by atoms with Gasteiger partial charge in [0.1, 0.15) is 6.61 Å². The summed E-state index contributed by atoms with van der Waals surface area (Å²) in [5.41, 5.74) is 2.54. The summed E-state index contributed by atoms with van der Waals surface area (Å²) in [7, 11) is 0. The molecule has 9 heteroatoms. The predicted molar refractivity (Wildman–Crippen MR) is 99.4 cm³/mol. The van der Waals surface area contributed by atoms with E-state index in [9.17, 15) is 18.0 Å². The van der Waals surface area contributed by atoms with Crippen molar-refractivity contribution >= 4 is 5.91 Å². The van der Waals surface area contributed by atoms with Crippen molar-refractivity contribution in [3.05, 3.63) is 77.2 Å². The molecule has 2 aromatic heterocycles. The number of hydrogen-bond donors (Lipinski definition) is 1. The Labute approximate surface area is 165 Å². The first-order valence-corrected chi connectivity index (χ1v) is 8.80. The second-order valence-electron chi connectivity index (χ2n) is 6.35. The van der Waals surface area contributed by atoms with Gasteiger partial charge in [0.25, 0.3) is 5.91 Å². The fraction of sp³-hybridized carbons (Fsp3) is 0.250. The van der Waals surface area contributed by atoms with E-state index in [2.05, 4.69) is 20.1 Å². The van der Waals surface area contributed by atoms with E-state index < -0.39 is 12.8 Å². The van der Waals surface area contributed by atoms with Crippen LogP contribution in [0.15, 0.2) is 54.9 Å². The Balaban J connectivity index is 1.55. The summed E-state index contributed by atoms with van der Waals surface area (Å²) in [4.78, 5) is 16.7. The Morgan fingerprint density at radius 3 is 2.52 bits per heavy atom. The highest BCUT2D eigenvalue weighted by molar-refractivity contribution is 5.95. The standard InChI is InChI=1S/C20H19F3N4O2/c1-14-17(11-26-27(14)18-4-2-3-9-24-18)19(28)25-10-15-5-7-16(8-6-15)12-29-13-20(21,22)23/h2-9,11H,10,12-13H2,1H3,(H,25,28). The molecule has 3 rings (SSSR count). The van der Waals surface area contributed by atoms with E-state index in [-0.39, 0.29) is 19.1 Å². The highest BCUT2D eigenvalue weighted by Crippen LogP contribution is 2.16. The van der Waals surface area contributed by atoms with Crippen LogP contribution >= 0.6 is 0 Å². The maximum atomic E-state index is 12.5. The Morgan fingerprint density at radius 1 is 1.14 bits per heavy atom. The monoisotopic (exact) mass is 404 g/mol. The molecule has 1 aromatic carbocycles. The van der Waals surface area contributed by atoms with Gasteiger partial charge in [-0.1, -0.05) is 30.3 Å². The lowest BCUT2D eigenvalue weighted by molar-refractivity contribution is -0.176. The smallest absolute Gasteiger partial charge is 0.367 e. The summed E-state index contributed by atoms with van der Waals surface area (Å²) < 4.78 is 42.5. The summed E-state index contributed by atoms with van der Waals surface area (Å²) in [6, 6.07) is 12.2. The zero-order chi connectivity index (χ0) is 20.9. The molecule has 0 aliphatic rings. The van der Waals surface area contributed by atoms with Crippen LogP contribution in [0.2, 0.25) is 0 Å². The molecule has 152 valence electrons. The van der Waals surface area contributed by atoms with Gasteiger partial charge in [-0.05, 0) is 30.2 Å². The predicted octanol–water partition coefficient (Wildman–Crippen LogP) is 3.58. The van der Waals surface area contributed by atoms with Crippen LogP contribution in [0, 0.1) is 6.92 Å². The van der Waals surface area contributed by atoms with E-state index in [1.807, 2.05) is 6.07 Å². The Morgan fingerprint density at radius 2 is 1.86 bits per heavy atom. The van der Waals surface area contributed by atoms with Gasteiger partial charge in [-0.3, -0.25) is 4.79 Å². The molecule has 0 saturated heterocycles. The van der Waals surface area contributed by atoms with Crippen molar-refractivity contribution in [2.75, 3.05) is 6.61 Å².